The number of fused-ring (bicyclic) bond motifs is 3. The SMILES string of the molecule is O=[N+]([O-])c1cc([C@@H]2Nc3c(Cl)cc(Cl)cc3[C@H]3C=CC[C@H]32)ccc1Cl. The quantitative estimate of drug-likeness (QED) is 0.364. The van der Waals surface area contributed by atoms with E-state index in [0.29, 0.717) is 10.0 Å². The predicted molar refractivity (Wildman–Crippen MR) is 101 cm³/mol. The summed E-state index contributed by atoms with van der Waals surface area (Å²) in [7, 11) is 0. The van der Waals surface area contributed by atoms with E-state index in [9.17, 15) is 10.1 Å². The summed E-state index contributed by atoms with van der Waals surface area (Å²) in [5, 5.41) is 16.0. The van der Waals surface area contributed by atoms with E-state index in [1.54, 1.807) is 18.2 Å². The zero-order chi connectivity index (χ0) is 17.7. The molecule has 1 aliphatic heterocycles. The van der Waals surface area contributed by atoms with Crippen molar-refractivity contribution < 1.29 is 4.92 Å². The van der Waals surface area contributed by atoms with E-state index in [4.69, 9.17) is 34.8 Å². The molecule has 1 aliphatic carbocycles. The second-order valence-corrected chi connectivity index (χ2v) is 7.55. The molecule has 7 heteroatoms. The zero-order valence-corrected chi connectivity index (χ0v) is 15.1. The maximum atomic E-state index is 11.2. The predicted octanol–water partition coefficient (Wildman–Crippen LogP) is 6.38. The number of nitro benzene ring substituents is 1. The summed E-state index contributed by atoms with van der Waals surface area (Å²) >= 11 is 18.5. The molecule has 0 radical (unpaired) electrons. The third-order valence-electron chi connectivity index (χ3n) is 4.91. The van der Waals surface area contributed by atoms with Crippen LogP contribution in [0.1, 0.15) is 29.5 Å². The Balaban J connectivity index is 1.82. The standard InChI is InChI=1S/C18H13Cl3N2O2/c19-10-7-13-11-2-1-3-12(11)17(22-18(13)15(21)8-10)9-4-5-14(20)16(6-9)23(24)25/h1-2,4-8,11-12,17,22H,3H2/t11-,12+,17-/m0/s1. The van der Waals surface area contributed by atoms with Gasteiger partial charge in [-0.1, -0.05) is 53.0 Å². The van der Waals surface area contributed by atoms with Crippen molar-refractivity contribution in [2.24, 2.45) is 5.92 Å². The van der Waals surface area contributed by atoms with Gasteiger partial charge in [0.1, 0.15) is 5.02 Å². The molecule has 0 saturated heterocycles. The molecule has 2 aromatic carbocycles. The van der Waals surface area contributed by atoms with Crippen molar-refractivity contribution in [3.8, 4) is 0 Å². The fraction of sp³-hybridized carbons (Fsp3) is 0.222. The van der Waals surface area contributed by atoms with Gasteiger partial charge in [-0.2, -0.15) is 0 Å². The Morgan fingerprint density at radius 3 is 2.68 bits per heavy atom. The second-order valence-electron chi connectivity index (χ2n) is 6.30. The van der Waals surface area contributed by atoms with Gasteiger partial charge in [-0.3, -0.25) is 10.1 Å². The first-order valence-corrected chi connectivity index (χ1v) is 8.95. The molecule has 0 unspecified atom stereocenters. The van der Waals surface area contributed by atoms with Gasteiger partial charge in [-0.15, -0.1) is 0 Å². The van der Waals surface area contributed by atoms with Crippen molar-refractivity contribution >= 4 is 46.2 Å². The van der Waals surface area contributed by atoms with Crippen LogP contribution in [-0.2, 0) is 0 Å². The number of hydrogen-bond acceptors (Lipinski definition) is 3. The molecule has 0 spiro atoms. The second kappa shape index (κ2) is 6.20. The van der Waals surface area contributed by atoms with Crippen molar-refractivity contribution in [2.45, 2.75) is 18.4 Å². The van der Waals surface area contributed by atoms with Crippen molar-refractivity contribution in [1.82, 2.24) is 0 Å². The van der Waals surface area contributed by atoms with Crippen LogP contribution in [0.2, 0.25) is 15.1 Å². The number of nitrogens with zero attached hydrogens (tertiary/aromatic N) is 1. The minimum atomic E-state index is -0.459. The molecule has 25 heavy (non-hydrogen) atoms. The molecule has 0 fully saturated rings. The van der Waals surface area contributed by atoms with Gasteiger partial charge < -0.3 is 5.32 Å². The van der Waals surface area contributed by atoms with Crippen LogP contribution in [0.5, 0.6) is 0 Å². The fourth-order valence-corrected chi connectivity index (χ4v) is 4.56. The summed E-state index contributed by atoms with van der Waals surface area (Å²) in [5.74, 6) is 0.412. The Bertz CT molecular complexity index is 913. The highest BCUT2D eigenvalue weighted by Gasteiger charge is 2.39. The Hall–Kier alpha value is -1.75. The molecule has 2 aromatic rings. The van der Waals surface area contributed by atoms with E-state index in [1.165, 1.54) is 0 Å². The van der Waals surface area contributed by atoms with E-state index in [-0.39, 0.29) is 28.6 Å². The van der Waals surface area contributed by atoms with Crippen molar-refractivity contribution in [3.05, 3.63) is 78.8 Å². The summed E-state index contributed by atoms with van der Waals surface area (Å²) in [6.45, 7) is 0. The molecule has 128 valence electrons. The van der Waals surface area contributed by atoms with Gasteiger partial charge in [0.15, 0.2) is 0 Å². The van der Waals surface area contributed by atoms with Crippen molar-refractivity contribution in [2.75, 3.05) is 5.32 Å². The summed E-state index contributed by atoms with van der Waals surface area (Å²) in [4.78, 5) is 10.8. The van der Waals surface area contributed by atoms with Gasteiger partial charge in [0.05, 0.1) is 21.7 Å². The van der Waals surface area contributed by atoms with Crippen molar-refractivity contribution in [1.29, 1.82) is 0 Å². The lowest BCUT2D eigenvalue weighted by atomic mass is 9.77. The number of hydrogen-bond donors (Lipinski definition) is 1. The summed E-state index contributed by atoms with van der Waals surface area (Å²) in [6.07, 6.45) is 5.18. The number of halogens is 3. The van der Waals surface area contributed by atoms with Crippen LogP contribution in [0, 0.1) is 16.0 Å². The monoisotopic (exact) mass is 394 g/mol. The maximum absolute atomic E-state index is 11.2. The first-order chi connectivity index (χ1) is 12.0. The molecular weight excluding hydrogens is 383 g/mol. The van der Waals surface area contributed by atoms with Crippen LogP contribution in [0.25, 0.3) is 0 Å². The number of nitro groups is 1. The summed E-state index contributed by atoms with van der Waals surface area (Å²) in [6, 6.07) is 8.50. The molecule has 0 saturated carbocycles. The minimum Gasteiger partial charge on any atom is -0.376 e. The topological polar surface area (TPSA) is 55.2 Å². The maximum Gasteiger partial charge on any atom is 0.288 e. The first kappa shape index (κ1) is 16.7. The Morgan fingerprint density at radius 2 is 1.92 bits per heavy atom. The van der Waals surface area contributed by atoms with Gasteiger partial charge in [-0.05, 0) is 41.7 Å². The third kappa shape index (κ3) is 2.78. The van der Waals surface area contributed by atoms with Gasteiger partial charge in [-0.25, -0.2) is 0 Å². The lowest BCUT2D eigenvalue weighted by molar-refractivity contribution is -0.384. The molecule has 1 heterocycles. The Kier molecular flexibility index (Phi) is 4.14. The van der Waals surface area contributed by atoms with Crippen LogP contribution in [0.3, 0.4) is 0 Å². The molecule has 1 N–H and O–H groups in total. The minimum absolute atomic E-state index is 0.0866. The van der Waals surface area contributed by atoms with E-state index < -0.39 is 4.92 Å². The smallest absolute Gasteiger partial charge is 0.288 e. The Labute approximate surface area is 159 Å². The number of rotatable bonds is 2. The summed E-state index contributed by atoms with van der Waals surface area (Å²) < 4.78 is 0. The summed E-state index contributed by atoms with van der Waals surface area (Å²) in [5.41, 5.74) is 2.64. The molecule has 0 amide bonds. The van der Waals surface area contributed by atoms with Gasteiger partial charge in [0.2, 0.25) is 0 Å². The molecule has 0 aromatic heterocycles. The normalized spacial score (nSPS) is 23.7. The lowest BCUT2D eigenvalue weighted by Gasteiger charge is -2.38. The number of benzene rings is 2. The van der Waals surface area contributed by atoms with E-state index >= 15 is 0 Å². The molecule has 4 nitrogen and oxygen atoms in total. The molecule has 0 bridgehead atoms. The molecule has 3 atom stereocenters. The average molecular weight is 396 g/mol. The van der Waals surface area contributed by atoms with Crippen molar-refractivity contribution in [3.63, 3.8) is 0 Å². The first-order valence-electron chi connectivity index (χ1n) is 7.81. The number of allylic oxidation sites excluding steroid dienone is 2. The van der Waals surface area contributed by atoms with Crippen LogP contribution >= 0.6 is 34.8 Å². The van der Waals surface area contributed by atoms with E-state index in [1.807, 2.05) is 12.1 Å². The van der Waals surface area contributed by atoms with Crippen LogP contribution in [-0.4, -0.2) is 4.92 Å². The fourth-order valence-electron chi connectivity index (χ4n) is 3.81. The average Bonchev–Trinajstić information content (AvgIpc) is 3.04. The number of nitrogens with one attached hydrogen (secondary N) is 1. The third-order valence-corrected chi connectivity index (χ3v) is 5.75. The highest BCUT2D eigenvalue weighted by Crippen LogP contribution is 2.52. The molecule has 4 rings (SSSR count). The van der Waals surface area contributed by atoms with E-state index in [2.05, 4.69) is 17.5 Å². The Morgan fingerprint density at radius 1 is 1.12 bits per heavy atom. The molecular formula is C18H13Cl3N2O2. The lowest BCUT2D eigenvalue weighted by Crippen LogP contribution is -2.29. The molecule has 2 aliphatic rings. The zero-order valence-electron chi connectivity index (χ0n) is 12.9. The van der Waals surface area contributed by atoms with Crippen LogP contribution < -0.4 is 5.32 Å². The highest BCUT2D eigenvalue weighted by molar-refractivity contribution is 6.36. The van der Waals surface area contributed by atoms with Crippen LogP contribution in [0.15, 0.2) is 42.5 Å². The van der Waals surface area contributed by atoms with Gasteiger partial charge >= 0.3 is 0 Å². The number of anilines is 1. The van der Waals surface area contributed by atoms with Gasteiger partial charge in [0.25, 0.3) is 5.69 Å². The highest BCUT2D eigenvalue weighted by atomic mass is 35.5. The van der Waals surface area contributed by atoms with Crippen LogP contribution in [0.4, 0.5) is 11.4 Å². The van der Waals surface area contributed by atoms with E-state index in [0.717, 1.165) is 23.2 Å². The largest absolute Gasteiger partial charge is 0.376 e. The van der Waals surface area contributed by atoms with Gasteiger partial charge in [0, 0.05) is 17.0 Å².